The van der Waals surface area contributed by atoms with Crippen LogP contribution in [0.15, 0.2) is 36.2 Å². The van der Waals surface area contributed by atoms with Gasteiger partial charge in [0.25, 0.3) is 0 Å². The molecule has 5 nitrogen and oxygen atoms in total. The van der Waals surface area contributed by atoms with Crippen molar-refractivity contribution >= 4 is 27.4 Å². The van der Waals surface area contributed by atoms with Crippen LogP contribution >= 0.6 is 11.3 Å². The topological polar surface area (TPSA) is 55.6 Å². The highest BCUT2D eigenvalue weighted by molar-refractivity contribution is 7.17. The molecule has 3 aromatic heterocycles. The number of hydrogen-bond donors (Lipinski definition) is 1. The Hall–Kier alpha value is -1.95. The van der Waals surface area contributed by atoms with Gasteiger partial charge in [0.2, 0.25) is 0 Å². The SMILES string of the molecule is C[C@H]([C@@H](C)Nc1ncnc2ccsc12)n1cccn1. The molecule has 0 amide bonds. The predicted molar refractivity (Wildman–Crippen MR) is 77.4 cm³/mol. The second kappa shape index (κ2) is 4.97. The van der Waals surface area contributed by atoms with Crippen molar-refractivity contribution in [2.24, 2.45) is 0 Å². The van der Waals surface area contributed by atoms with Crippen molar-refractivity contribution in [3.8, 4) is 0 Å². The quantitative estimate of drug-likeness (QED) is 0.794. The zero-order chi connectivity index (χ0) is 13.2. The van der Waals surface area contributed by atoms with Gasteiger partial charge in [0, 0.05) is 18.4 Å². The molecule has 0 radical (unpaired) electrons. The van der Waals surface area contributed by atoms with Crippen molar-refractivity contribution < 1.29 is 0 Å². The van der Waals surface area contributed by atoms with Gasteiger partial charge < -0.3 is 5.32 Å². The highest BCUT2D eigenvalue weighted by atomic mass is 32.1. The lowest BCUT2D eigenvalue weighted by molar-refractivity contribution is 0.443. The third kappa shape index (κ3) is 2.31. The number of fused-ring (bicyclic) bond motifs is 1. The van der Waals surface area contributed by atoms with Crippen LogP contribution < -0.4 is 5.32 Å². The first-order valence-electron chi connectivity index (χ1n) is 6.19. The molecule has 0 aromatic carbocycles. The summed E-state index contributed by atoms with van der Waals surface area (Å²) < 4.78 is 3.05. The molecule has 0 spiro atoms. The van der Waals surface area contributed by atoms with E-state index in [9.17, 15) is 0 Å². The predicted octanol–water partition coefficient (Wildman–Crippen LogP) is 2.95. The van der Waals surface area contributed by atoms with Gasteiger partial charge in [-0.2, -0.15) is 5.10 Å². The molecule has 2 atom stereocenters. The van der Waals surface area contributed by atoms with Gasteiger partial charge in [-0.1, -0.05) is 0 Å². The molecule has 0 saturated heterocycles. The maximum absolute atomic E-state index is 4.34. The van der Waals surface area contributed by atoms with E-state index in [2.05, 4.69) is 34.2 Å². The molecule has 0 bridgehead atoms. The number of aromatic nitrogens is 4. The standard InChI is InChI=1S/C13H15N5S/c1-9(10(2)18-6-3-5-16-18)17-13-12-11(4-7-19-12)14-8-15-13/h3-10H,1-2H3,(H,14,15,17)/t9-,10-/m1/s1. The Morgan fingerprint density at radius 3 is 3.00 bits per heavy atom. The molecule has 6 heteroatoms. The van der Waals surface area contributed by atoms with Gasteiger partial charge in [-0.15, -0.1) is 11.3 Å². The van der Waals surface area contributed by atoms with E-state index in [1.165, 1.54) is 0 Å². The van der Waals surface area contributed by atoms with Gasteiger partial charge in [-0.3, -0.25) is 4.68 Å². The van der Waals surface area contributed by atoms with Crippen LogP contribution in [0.3, 0.4) is 0 Å². The van der Waals surface area contributed by atoms with Crippen molar-refractivity contribution in [3.63, 3.8) is 0 Å². The zero-order valence-electron chi connectivity index (χ0n) is 10.8. The molecule has 0 unspecified atom stereocenters. The van der Waals surface area contributed by atoms with Crippen LogP contribution in [-0.4, -0.2) is 25.8 Å². The molecule has 3 rings (SSSR count). The highest BCUT2D eigenvalue weighted by Crippen LogP contribution is 2.26. The second-order valence-corrected chi connectivity index (χ2v) is 5.43. The Kier molecular flexibility index (Phi) is 3.16. The fourth-order valence-electron chi connectivity index (χ4n) is 1.98. The molecule has 0 aliphatic rings. The van der Waals surface area contributed by atoms with Gasteiger partial charge in [0.15, 0.2) is 0 Å². The summed E-state index contributed by atoms with van der Waals surface area (Å²) in [5.74, 6) is 0.895. The van der Waals surface area contributed by atoms with Gasteiger partial charge in [-0.25, -0.2) is 9.97 Å². The first kappa shape index (κ1) is 12.1. The molecule has 0 fully saturated rings. The lowest BCUT2D eigenvalue weighted by atomic mass is 10.2. The summed E-state index contributed by atoms with van der Waals surface area (Å²) in [6.07, 6.45) is 5.37. The second-order valence-electron chi connectivity index (χ2n) is 4.52. The Balaban J connectivity index is 1.83. The summed E-state index contributed by atoms with van der Waals surface area (Å²) >= 11 is 1.66. The molecule has 0 aliphatic carbocycles. The summed E-state index contributed by atoms with van der Waals surface area (Å²) in [6, 6.07) is 4.42. The lowest BCUT2D eigenvalue weighted by Crippen LogP contribution is -2.27. The Bertz CT molecular complexity index is 661. The fourth-order valence-corrected chi connectivity index (χ4v) is 2.78. The van der Waals surface area contributed by atoms with Crippen LogP contribution in [0.2, 0.25) is 0 Å². The molecule has 19 heavy (non-hydrogen) atoms. The van der Waals surface area contributed by atoms with Gasteiger partial charge in [-0.05, 0) is 31.4 Å². The van der Waals surface area contributed by atoms with Crippen LogP contribution in [0.25, 0.3) is 10.2 Å². The minimum atomic E-state index is 0.222. The Labute approximate surface area is 115 Å². The Morgan fingerprint density at radius 2 is 2.21 bits per heavy atom. The van der Waals surface area contributed by atoms with Gasteiger partial charge >= 0.3 is 0 Å². The van der Waals surface area contributed by atoms with E-state index < -0.39 is 0 Å². The monoisotopic (exact) mass is 273 g/mol. The summed E-state index contributed by atoms with van der Waals surface area (Å²) in [5.41, 5.74) is 0.987. The van der Waals surface area contributed by atoms with Crippen molar-refractivity contribution in [3.05, 3.63) is 36.2 Å². The summed E-state index contributed by atoms with van der Waals surface area (Å²) in [5, 5.41) is 9.77. The third-order valence-corrected chi connectivity index (χ3v) is 4.18. The molecule has 98 valence electrons. The molecule has 3 heterocycles. The molecule has 0 saturated carbocycles. The summed E-state index contributed by atoms with van der Waals surface area (Å²) in [7, 11) is 0. The number of nitrogens with one attached hydrogen (secondary N) is 1. The average molecular weight is 273 g/mol. The molecule has 3 aromatic rings. The van der Waals surface area contributed by atoms with Crippen LogP contribution in [0.4, 0.5) is 5.82 Å². The van der Waals surface area contributed by atoms with E-state index in [1.807, 2.05) is 28.4 Å². The largest absolute Gasteiger partial charge is 0.364 e. The van der Waals surface area contributed by atoms with E-state index in [0.29, 0.717) is 0 Å². The third-order valence-electron chi connectivity index (χ3n) is 3.27. The first-order valence-corrected chi connectivity index (χ1v) is 7.07. The van der Waals surface area contributed by atoms with Crippen molar-refractivity contribution in [1.82, 2.24) is 19.7 Å². The summed E-state index contributed by atoms with van der Waals surface area (Å²) in [6.45, 7) is 4.27. The normalized spacial score (nSPS) is 14.4. The van der Waals surface area contributed by atoms with E-state index >= 15 is 0 Å². The first-order chi connectivity index (χ1) is 9.25. The highest BCUT2D eigenvalue weighted by Gasteiger charge is 2.16. The van der Waals surface area contributed by atoms with Crippen LogP contribution in [0, 0.1) is 0 Å². The van der Waals surface area contributed by atoms with Crippen LogP contribution in [-0.2, 0) is 0 Å². The van der Waals surface area contributed by atoms with Crippen molar-refractivity contribution in [2.45, 2.75) is 25.9 Å². The van der Waals surface area contributed by atoms with Gasteiger partial charge in [0.1, 0.15) is 12.1 Å². The molecule has 0 aliphatic heterocycles. The molecule has 1 N–H and O–H groups in total. The number of nitrogens with zero attached hydrogens (tertiary/aromatic N) is 4. The lowest BCUT2D eigenvalue weighted by Gasteiger charge is -2.22. The number of rotatable bonds is 4. The maximum atomic E-state index is 4.34. The number of anilines is 1. The molecular weight excluding hydrogens is 258 g/mol. The van der Waals surface area contributed by atoms with E-state index in [1.54, 1.807) is 23.9 Å². The van der Waals surface area contributed by atoms with Crippen molar-refractivity contribution in [2.75, 3.05) is 5.32 Å². The smallest absolute Gasteiger partial charge is 0.147 e. The van der Waals surface area contributed by atoms with Crippen molar-refractivity contribution in [1.29, 1.82) is 0 Å². The molecular formula is C13H15N5S. The Morgan fingerprint density at radius 1 is 1.32 bits per heavy atom. The number of thiophene rings is 1. The van der Waals surface area contributed by atoms with E-state index in [-0.39, 0.29) is 12.1 Å². The fraction of sp³-hybridized carbons (Fsp3) is 0.308. The van der Waals surface area contributed by atoms with Gasteiger partial charge in [0.05, 0.1) is 16.3 Å². The number of hydrogen-bond acceptors (Lipinski definition) is 5. The average Bonchev–Trinajstić information content (AvgIpc) is 3.09. The maximum Gasteiger partial charge on any atom is 0.147 e. The minimum Gasteiger partial charge on any atom is -0.364 e. The zero-order valence-corrected chi connectivity index (χ0v) is 11.6. The minimum absolute atomic E-state index is 0.222. The van der Waals surface area contributed by atoms with Crippen LogP contribution in [0.1, 0.15) is 19.9 Å². The van der Waals surface area contributed by atoms with Crippen LogP contribution in [0.5, 0.6) is 0 Å². The van der Waals surface area contributed by atoms with E-state index in [4.69, 9.17) is 0 Å². The summed E-state index contributed by atoms with van der Waals surface area (Å²) in [4.78, 5) is 8.59. The van der Waals surface area contributed by atoms with E-state index in [0.717, 1.165) is 16.0 Å².